The molecule has 0 unspecified atom stereocenters. The maximum Gasteiger partial charge on any atom is 0.407 e. The Morgan fingerprint density at radius 3 is 2.20 bits per heavy atom. The number of nitrogens with zero attached hydrogens (tertiary/aromatic N) is 2. The van der Waals surface area contributed by atoms with E-state index in [0.29, 0.717) is 23.3 Å². The Labute approximate surface area is 330 Å². The molecule has 304 valence electrons. The van der Waals surface area contributed by atoms with Gasteiger partial charge in [-0.15, -0.1) is 0 Å². The molecule has 0 aromatic heterocycles. The van der Waals surface area contributed by atoms with E-state index in [1.54, 1.807) is 27.7 Å². The number of nitrogens with one attached hydrogen (secondary N) is 2. The van der Waals surface area contributed by atoms with Crippen molar-refractivity contribution >= 4 is 38.1 Å². The molecule has 1 atom stereocenters. The van der Waals surface area contributed by atoms with Crippen LogP contribution in [-0.4, -0.2) is 87.9 Å². The normalized spacial score (nSPS) is 15.6. The molecule has 0 saturated carbocycles. The average Bonchev–Trinajstić information content (AvgIpc) is 3.60. The number of hydrogen-bond acceptors (Lipinski definition) is 9. The lowest BCUT2D eigenvalue weighted by molar-refractivity contribution is -0.137. The lowest BCUT2D eigenvalue weighted by atomic mass is 9.94. The van der Waals surface area contributed by atoms with Gasteiger partial charge in [0.1, 0.15) is 24.5 Å². The predicted molar refractivity (Wildman–Crippen MR) is 215 cm³/mol. The number of aliphatic imine (C=N–C) groups is 1. The number of nitrogens with two attached hydrogens (primary N) is 1. The van der Waals surface area contributed by atoms with Gasteiger partial charge in [-0.1, -0.05) is 62.4 Å². The molecule has 5 N–H and O–H groups in total. The Kier molecular flexibility index (Phi) is 12.8. The molecular formula is C40H53N5O9S2. The molecule has 1 aliphatic heterocycles. The van der Waals surface area contributed by atoms with E-state index in [2.05, 4.69) is 15.0 Å². The molecule has 0 fully saturated rings. The molecule has 1 amide bonds. The van der Waals surface area contributed by atoms with Crippen LogP contribution in [-0.2, 0) is 36.0 Å². The SMILES string of the molecule is Cc1c(C)c(S(=O)(=O)NC(N)=NCCC[C@@H](CN(CC(=O)O)S(=O)(=O)CC(C)C)NC(=O)OCC2c3ccccc3-c3ccccc32)c(C)c2c1OC(C)(C)C2. The lowest BCUT2D eigenvalue weighted by Crippen LogP contribution is -2.48. The monoisotopic (exact) mass is 811 g/mol. The topological polar surface area (TPSA) is 207 Å². The number of hydrogen-bond donors (Lipinski definition) is 4. The van der Waals surface area contributed by atoms with Crippen molar-refractivity contribution in [2.75, 3.05) is 32.0 Å². The highest BCUT2D eigenvalue weighted by Crippen LogP contribution is 2.45. The standard InChI is InChI=1S/C40H53N5O9S2/c1-24(2)23-55(49,50)45(21-35(46)47)20-28(43-39(48)53-22-34-31-16-10-8-14-29(31)30-15-9-11-17-32(30)34)13-12-18-42-38(41)44-56(51,52)37-26(4)25(3)36-33(27(37)5)19-40(6,7)54-36/h8-11,14-17,24,28,34H,12-13,18-23H2,1-7H3,(H,43,48)(H,46,47)(H3,41,42,44)/t28-/m0/s1. The molecule has 2 aliphatic rings. The highest BCUT2D eigenvalue weighted by Gasteiger charge is 2.37. The number of fused-ring (bicyclic) bond motifs is 4. The largest absolute Gasteiger partial charge is 0.487 e. The number of carbonyl (C=O) groups is 2. The van der Waals surface area contributed by atoms with Crippen LogP contribution in [0.1, 0.15) is 79.8 Å². The first-order chi connectivity index (χ1) is 26.2. The highest BCUT2D eigenvalue weighted by atomic mass is 32.2. The number of alkyl carbamates (subject to hydrolysis) is 1. The molecular weight excluding hydrogens is 759 g/mol. The Morgan fingerprint density at radius 2 is 1.61 bits per heavy atom. The minimum Gasteiger partial charge on any atom is -0.487 e. The third-order valence-corrected chi connectivity index (χ3v) is 13.9. The summed E-state index contributed by atoms with van der Waals surface area (Å²) in [6.07, 6.45) is 0.118. The zero-order valence-electron chi connectivity index (χ0n) is 33.0. The summed E-state index contributed by atoms with van der Waals surface area (Å²) in [5, 5.41) is 12.3. The fourth-order valence-electron chi connectivity index (χ4n) is 7.62. The summed E-state index contributed by atoms with van der Waals surface area (Å²) in [7, 11) is -8.16. The maximum absolute atomic E-state index is 13.6. The van der Waals surface area contributed by atoms with Gasteiger partial charge >= 0.3 is 12.1 Å². The molecule has 3 aromatic rings. The summed E-state index contributed by atoms with van der Waals surface area (Å²) >= 11 is 0. The summed E-state index contributed by atoms with van der Waals surface area (Å²) in [6.45, 7) is 11.5. The van der Waals surface area contributed by atoms with Crippen molar-refractivity contribution in [1.82, 2.24) is 14.3 Å². The van der Waals surface area contributed by atoms with Crippen molar-refractivity contribution in [2.45, 2.75) is 90.2 Å². The van der Waals surface area contributed by atoms with Crippen LogP contribution < -0.4 is 20.5 Å². The van der Waals surface area contributed by atoms with Crippen molar-refractivity contribution in [2.24, 2.45) is 16.6 Å². The van der Waals surface area contributed by atoms with Crippen molar-refractivity contribution in [3.8, 4) is 16.9 Å². The summed E-state index contributed by atoms with van der Waals surface area (Å²) < 4.78 is 68.9. The lowest BCUT2D eigenvalue weighted by Gasteiger charge is -2.27. The maximum atomic E-state index is 13.6. The molecule has 56 heavy (non-hydrogen) atoms. The number of sulfonamides is 2. The van der Waals surface area contributed by atoms with Crippen LogP contribution in [0.2, 0.25) is 0 Å². The van der Waals surface area contributed by atoms with Crippen LogP contribution >= 0.6 is 0 Å². The van der Waals surface area contributed by atoms with Gasteiger partial charge in [-0.2, -0.15) is 4.31 Å². The van der Waals surface area contributed by atoms with Crippen LogP contribution in [0.5, 0.6) is 5.75 Å². The molecule has 14 nitrogen and oxygen atoms in total. The third-order valence-electron chi connectivity index (χ3n) is 10.1. The summed E-state index contributed by atoms with van der Waals surface area (Å²) in [4.78, 5) is 29.4. The molecule has 0 bridgehead atoms. The smallest absolute Gasteiger partial charge is 0.407 e. The number of aliphatic carboxylic acids is 1. The molecule has 1 heterocycles. The predicted octanol–water partition coefficient (Wildman–Crippen LogP) is 4.98. The fraction of sp³-hybridized carbons (Fsp3) is 0.475. The number of rotatable bonds is 16. The Bertz CT molecular complexity index is 2190. The second kappa shape index (κ2) is 16.8. The number of guanidine groups is 1. The summed E-state index contributed by atoms with van der Waals surface area (Å²) in [6, 6.07) is 14.9. The Balaban J connectivity index is 1.29. The van der Waals surface area contributed by atoms with Gasteiger partial charge in [0, 0.05) is 37.0 Å². The van der Waals surface area contributed by atoms with Gasteiger partial charge in [0.2, 0.25) is 16.0 Å². The van der Waals surface area contributed by atoms with Crippen LogP contribution in [0.25, 0.3) is 11.1 Å². The van der Waals surface area contributed by atoms with Crippen LogP contribution in [0, 0.1) is 26.7 Å². The molecule has 0 saturated heterocycles. The molecule has 0 spiro atoms. The van der Waals surface area contributed by atoms with Gasteiger partial charge in [-0.25, -0.2) is 26.4 Å². The Hall–Kier alpha value is -4.67. The van der Waals surface area contributed by atoms with Gasteiger partial charge < -0.3 is 25.6 Å². The van der Waals surface area contributed by atoms with E-state index in [-0.39, 0.29) is 61.0 Å². The quantitative estimate of drug-likeness (QED) is 0.0867. The van der Waals surface area contributed by atoms with E-state index in [1.807, 2.05) is 69.3 Å². The average molecular weight is 812 g/mol. The zero-order chi connectivity index (χ0) is 41.2. The summed E-state index contributed by atoms with van der Waals surface area (Å²) in [5.74, 6) is -1.76. The minimum absolute atomic E-state index is 0.0120. The van der Waals surface area contributed by atoms with Gasteiger partial charge in [0.05, 0.1) is 10.6 Å². The minimum atomic E-state index is -4.14. The number of carboxylic acid groups (broad SMARTS) is 1. The first-order valence-electron chi connectivity index (χ1n) is 18.7. The van der Waals surface area contributed by atoms with E-state index in [4.69, 9.17) is 15.2 Å². The van der Waals surface area contributed by atoms with E-state index >= 15 is 0 Å². The highest BCUT2D eigenvalue weighted by molar-refractivity contribution is 7.90. The van der Waals surface area contributed by atoms with Crippen molar-refractivity contribution in [3.05, 3.63) is 81.9 Å². The van der Waals surface area contributed by atoms with Crippen LogP contribution in [0.3, 0.4) is 0 Å². The van der Waals surface area contributed by atoms with Gasteiger partial charge in [0.15, 0.2) is 0 Å². The van der Waals surface area contributed by atoms with Gasteiger partial charge in [-0.3, -0.25) is 9.79 Å². The van der Waals surface area contributed by atoms with E-state index in [0.717, 1.165) is 37.7 Å². The number of carbonyl (C=O) groups excluding carboxylic acids is 1. The van der Waals surface area contributed by atoms with Gasteiger partial charge in [0.25, 0.3) is 10.0 Å². The first kappa shape index (κ1) is 42.5. The van der Waals surface area contributed by atoms with Crippen LogP contribution in [0.15, 0.2) is 58.4 Å². The van der Waals surface area contributed by atoms with E-state index in [9.17, 15) is 31.5 Å². The molecule has 5 rings (SSSR count). The fourth-order valence-corrected chi connectivity index (χ4v) is 10.9. The second-order valence-electron chi connectivity index (χ2n) is 15.6. The van der Waals surface area contributed by atoms with Crippen LogP contribution in [0.4, 0.5) is 4.79 Å². The number of amides is 1. The second-order valence-corrected chi connectivity index (χ2v) is 19.2. The van der Waals surface area contributed by atoms with E-state index < -0.39 is 50.3 Å². The van der Waals surface area contributed by atoms with Crippen molar-refractivity contribution in [1.29, 1.82) is 0 Å². The van der Waals surface area contributed by atoms with E-state index in [1.165, 1.54) is 0 Å². The molecule has 1 aliphatic carbocycles. The number of ether oxygens (including phenoxy) is 2. The Morgan fingerprint density at radius 1 is 1.00 bits per heavy atom. The molecule has 3 aromatic carbocycles. The molecule has 0 radical (unpaired) electrons. The van der Waals surface area contributed by atoms with Crippen molar-refractivity contribution in [3.63, 3.8) is 0 Å². The van der Waals surface area contributed by atoms with Crippen molar-refractivity contribution < 1.29 is 41.0 Å². The number of benzene rings is 3. The third kappa shape index (κ3) is 9.64. The summed E-state index contributed by atoms with van der Waals surface area (Å²) in [5.41, 5.74) is 12.5. The van der Waals surface area contributed by atoms with Gasteiger partial charge in [-0.05, 0) is 92.3 Å². The number of carboxylic acids is 1. The first-order valence-corrected chi connectivity index (χ1v) is 21.8. The zero-order valence-corrected chi connectivity index (χ0v) is 34.6. The molecule has 16 heteroatoms.